The van der Waals surface area contributed by atoms with Crippen LogP contribution in [-0.2, 0) is 14.9 Å². The number of fused-ring (bicyclic) bond motifs is 2. The van der Waals surface area contributed by atoms with Gasteiger partial charge in [-0.05, 0) is 30.2 Å². The maximum atomic E-state index is 13.2. The van der Waals surface area contributed by atoms with Crippen molar-refractivity contribution in [3.05, 3.63) is 33.8 Å². The molecule has 0 bridgehead atoms. The molecular formula is C15H13BrF3NO3. The molecule has 1 aromatic carbocycles. The Morgan fingerprint density at radius 2 is 2.17 bits per heavy atom. The first-order valence-electron chi connectivity index (χ1n) is 6.92. The predicted octanol–water partition coefficient (Wildman–Crippen LogP) is 2.90. The van der Waals surface area contributed by atoms with Crippen molar-refractivity contribution < 1.29 is 27.5 Å². The monoisotopic (exact) mass is 391 g/mol. The third-order valence-corrected chi connectivity index (χ3v) is 5.02. The highest BCUT2D eigenvalue weighted by Gasteiger charge is 2.69. The largest absolute Gasteiger partial charge is 0.468 e. The predicted molar refractivity (Wildman–Crippen MR) is 77.9 cm³/mol. The van der Waals surface area contributed by atoms with E-state index in [-0.39, 0.29) is 25.1 Å². The molecule has 4 nitrogen and oxygen atoms in total. The van der Waals surface area contributed by atoms with Crippen LogP contribution in [0.2, 0.25) is 0 Å². The number of nitrogens with zero attached hydrogens (tertiary/aromatic N) is 1. The Hall–Kier alpha value is -1.57. The van der Waals surface area contributed by atoms with E-state index in [1.54, 1.807) is 12.1 Å². The summed E-state index contributed by atoms with van der Waals surface area (Å²) in [6, 6.07) is 4.68. The van der Waals surface area contributed by atoms with Crippen molar-refractivity contribution in [3.8, 4) is 0 Å². The Labute approximate surface area is 138 Å². The Morgan fingerprint density at radius 1 is 1.48 bits per heavy atom. The number of rotatable bonds is 2. The first-order valence-corrected chi connectivity index (χ1v) is 7.71. The minimum Gasteiger partial charge on any atom is -0.468 e. The van der Waals surface area contributed by atoms with Gasteiger partial charge >= 0.3 is 12.1 Å². The zero-order valence-corrected chi connectivity index (χ0v) is 13.7. The van der Waals surface area contributed by atoms with Crippen LogP contribution in [0.3, 0.4) is 0 Å². The number of esters is 1. The van der Waals surface area contributed by atoms with Crippen molar-refractivity contribution in [2.75, 3.05) is 20.2 Å². The Bertz CT molecular complexity index is 691. The van der Waals surface area contributed by atoms with Crippen molar-refractivity contribution >= 4 is 27.8 Å². The van der Waals surface area contributed by atoms with E-state index in [0.29, 0.717) is 10.0 Å². The van der Waals surface area contributed by atoms with Gasteiger partial charge in [0.25, 0.3) is 5.91 Å². The van der Waals surface area contributed by atoms with E-state index in [1.165, 1.54) is 13.2 Å². The smallest absolute Gasteiger partial charge is 0.392 e. The van der Waals surface area contributed by atoms with Crippen molar-refractivity contribution in [2.45, 2.75) is 18.0 Å². The van der Waals surface area contributed by atoms with Gasteiger partial charge < -0.3 is 9.64 Å². The summed E-state index contributed by atoms with van der Waals surface area (Å²) in [4.78, 5) is 25.1. The van der Waals surface area contributed by atoms with Gasteiger partial charge in [0.15, 0.2) is 0 Å². The molecule has 1 spiro atoms. The van der Waals surface area contributed by atoms with Crippen LogP contribution < -0.4 is 0 Å². The van der Waals surface area contributed by atoms with Crippen molar-refractivity contribution in [3.63, 3.8) is 0 Å². The van der Waals surface area contributed by atoms with Crippen LogP contribution in [0.4, 0.5) is 13.2 Å². The lowest BCUT2D eigenvalue weighted by atomic mass is 9.84. The summed E-state index contributed by atoms with van der Waals surface area (Å²) in [5.41, 5.74) is -0.547. The molecule has 1 saturated carbocycles. The number of halogens is 4. The van der Waals surface area contributed by atoms with Crippen LogP contribution in [-0.4, -0.2) is 43.2 Å². The van der Waals surface area contributed by atoms with Gasteiger partial charge in [0.2, 0.25) is 0 Å². The number of hydrogen-bond donors (Lipinski definition) is 0. The van der Waals surface area contributed by atoms with E-state index in [4.69, 9.17) is 0 Å². The molecule has 2 unspecified atom stereocenters. The van der Waals surface area contributed by atoms with Crippen molar-refractivity contribution in [2.24, 2.45) is 5.92 Å². The van der Waals surface area contributed by atoms with E-state index >= 15 is 0 Å². The van der Waals surface area contributed by atoms with Crippen LogP contribution in [0.1, 0.15) is 22.3 Å². The SMILES string of the molecule is COC(=O)CN1CC2(CC2C(F)(F)F)c2cc(Br)ccc2C1=O. The maximum absolute atomic E-state index is 13.2. The second-order valence-electron chi connectivity index (χ2n) is 5.88. The molecule has 0 aromatic heterocycles. The van der Waals surface area contributed by atoms with Crippen molar-refractivity contribution in [1.82, 2.24) is 4.90 Å². The number of hydrogen-bond acceptors (Lipinski definition) is 3. The van der Waals surface area contributed by atoms with Crippen LogP contribution in [0.15, 0.2) is 22.7 Å². The highest BCUT2D eigenvalue weighted by atomic mass is 79.9. The minimum absolute atomic E-state index is 0.0785. The number of carbonyl (C=O) groups is 2. The van der Waals surface area contributed by atoms with Gasteiger partial charge in [0.1, 0.15) is 6.54 Å². The molecule has 0 N–H and O–H groups in total. The first-order chi connectivity index (χ1) is 10.7. The van der Waals surface area contributed by atoms with Crippen LogP contribution in [0, 0.1) is 5.92 Å². The molecule has 1 heterocycles. The first kappa shape index (κ1) is 16.3. The summed E-state index contributed by atoms with van der Waals surface area (Å²) in [7, 11) is 1.17. The van der Waals surface area contributed by atoms with Gasteiger partial charge in [-0.2, -0.15) is 13.2 Å². The zero-order chi connectivity index (χ0) is 17.0. The fourth-order valence-electron chi connectivity index (χ4n) is 3.34. The van der Waals surface area contributed by atoms with Gasteiger partial charge in [-0.15, -0.1) is 0 Å². The standard InChI is InChI=1S/C15H13BrF3NO3/c1-23-12(21)6-20-7-14(5-11(14)15(17,18)19)10-4-8(16)2-3-9(10)13(20)22/h2-4,11H,5-7H2,1H3. The third-order valence-electron chi connectivity index (χ3n) is 4.53. The summed E-state index contributed by atoms with van der Waals surface area (Å²) in [6.45, 7) is -0.480. The summed E-state index contributed by atoms with van der Waals surface area (Å²) in [6.07, 6.45) is -4.41. The lowest BCUT2D eigenvalue weighted by Gasteiger charge is -2.35. The molecule has 0 saturated heterocycles. The highest BCUT2D eigenvalue weighted by molar-refractivity contribution is 9.10. The van der Waals surface area contributed by atoms with Gasteiger partial charge in [0, 0.05) is 22.0 Å². The number of carbonyl (C=O) groups excluding carboxylic acids is 2. The number of alkyl halides is 3. The number of methoxy groups -OCH3 is 1. The van der Waals surface area contributed by atoms with Gasteiger partial charge in [-0.25, -0.2) is 0 Å². The van der Waals surface area contributed by atoms with Crippen LogP contribution in [0.25, 0.3) is 0 Å². The second-order valence-corrected chi connectivity index (χ2v) is 6.80. The summed E-state index contributed by atoms with van der Waals surface area (Å²) >= 11 is 3.25. The fourth-order valence-corrected chi connectivity index (χ4v) is 3.70. The number of ether oxygens (including phenoxy) is 1. The van der Waals surface area contributed by atoms with Gasteiger partial charge in [-0.3, -0.25) is 9.59 Å². The molecule has 1 aliphatic carbocycles. The summed E-state index contributed by atoms with van der Waals surface area (Å²) in [5, 5.41) is 0. The van der Waals surface area contributed by atoms with E-state index < -0.39 is 29.4 Å². The molecule has 23 heavy (non-hydrogen) atoms. The second kappa shape index (κ2) is 5.22. The minimum atomic E-state index is -4.34. The molecule has 1 aliphatic heterocycles. The quantitative estimate of drug-likeness (QED) is 0.728. The summed E-state index contributed by atoms with van der Waals surface area (Å²) in [5.74, 6) is -2.61. The molecule has 124 valence electrons. The lowest BCUT2D eigenvalue weighted by molar-refractivity contribution is -0.153. The number of benzene rings is 1. The lowest BCUT2D eigenvalue weighted by Crippen LogP contribution is -2.47. The fraction of sp³-hybridized carbons (Fsp3) is 0.467. The molecule has 1 aromatic rings. The summed E-state index contributed by atoms with van der Waals surface area (Å²) < 4.78 is 44.8. The average Bonchev–Trinajstić information content (AvgIpc) is 3.20. The van der Waals surface area contributed by atoms with E-state index in [1.807, 2.05) is 0 Å². The maximum Gasteiger partial charge on any atom is 0.392 e. The Kier molecular flexibility index (Phi) is 3.70. The molecule has 3 rings (SSSR count). The van der Waals surface area contributed by atoms with E-state index in [9.17, 15) is 22.8 Å². The normalized spacial score (nSPS) is 26.2. The Balaban J connectivity index is 2.04. The molecule has 1 fully saturated rings. The van der Waals surface area contributed by atoms with Crippen LogP contribution >= 0.6 is 15.9 Å². The molecule has 2 atom stereocenters. The number of amides is 1. The molecular weight excluding hydrogens is 379 g/mol. The van der Waals surface area contributed by atoms with Gasteiger partial charge in [-0.1, -0.05) is 15.9 Å². The third kappa shape index (κ3) is 2.62. The zero-order valence-electron chi connectivity index (χ0n) is 12.1. The van der Waals surface area contributed by atoms with E-state index in [0.717, 1.165) is 4.90 Å². The average molecular weight is 392 g/mol. The molecule has 8 heteroatoms. The Morgan fingerprint density at radius 3 is 2.74 bits per heavy atom. The van der Waals surface area contributed by atoms with Gasteiger partial charge in [0.05, 0.1) is 13.0 Å². The van der Waals surface area contributed by atoms with E-state index in [2.05, 4.69) is 20.7 Å². The molecule has 1 amide bonds. The van der Waals surface area contributed by atoms with Crippen molar-refractivity contribution in [1.29, 1.82) is 0 Å². The topological polar surface area (TPSA) is 46.6 Å². The van der Waals surface area contributed by atoms with Crippen LogP contribution in [0.5, 0.6) is 0 Å². The highest BCUT2D eigenvalue weighted by Crippen LogP contribution is 2.63. The molecule has 0 radical (unpaired) electrons. The molecule has 2 aliphatic rings.